The summed E-state index contributed by atoms with van der Waals surface area (Å²) < 4.78 is 11.6. The van der Waals surface area contributed by atoms with Crippen molar-refractivity contribution in [3.63, 3.8) is 0 Å². The van der Waals surface area contributed by atoms with Gasteiger partial charge >= 0.3 is 0 Å². The van der Waals surface area contributed by atoms with Crippen molar-refractivity contribution in [1.82, 2.24) is 5.32 Å². The number of benzene rings is 3. The number of carbonyl (C=O) groups is 2. The maximum Gasteiger partial charge on any atom is 0.251 e. The van der Waals surface area contributed by atoms with Crippen molar-refractivity contribution in [1.29, 1.82) is 0 Å². The molecule has 1 aliphatic rings. The van der Waals surface area contributed by atoms with Crippen LogP contribution < -0.4 is 14.8 Å². The van der Waals surface area contributed by atoms with Crippen LogP contribution in [0.3, 0.4) is 0 Å². The van der Waals surface area contributed by atoms with Crippen LogP contribution in [-0.2, 0) is 17.6 Å². The van der Waals surface area contributed by atoms with E-state index < -0.39 is 12.5 Å². The molecule has 0 aromatic heterocycles. The lowest BCUT2D eigenvalue weighted by Crippen LogP contribution is -2.24. The number of aliphatic hydroxyl groups excluding tert-OH is 1. The Kier molecular flexibility index (Phi) is 8.62. The molecule has 0 fully saturated rings. The summed E-state index contributed by atoms with van der Waals surface area (Å²) in [6.07, 6.45) is 3.31. The van der Waals surface area contributed by atoms with Crippen LogP contribution >= 0.6 is 11.6 Å². The number of aryl methyl sites for hydroxylation is 2. The fourth-order valence-corrected chi connectivity index (χ4v) is 4.46. The highest BCUT2D eigenvalue weighted by Gasteiger charge is 2.28. The summed E-state index contributed by atoms with van der Waals surface area (Å²) in [5.74, 6) is 0.584. The fraction of sp³-hybridized carbons (Fsp3) is 0.310. The van der Waals surface area contributed by atoms with Crippen LogP contribution in [0, 0.1) is 0 Å². The Bertz CT molecular complexity index is 1210. The molecule has 2 N–H and O–H groups in total. The number of halogens is 1. The number of aliphatic hydroxyl groups is 1. The smallest absolute Gasteiger partial charge is 0.251 e. The maximum atomic E-state index is 12.5. The van der Waals surface area contributed by atoms with Crippen LogP contribution in [0.5, 0.6) is 17.2 Å². The first kappa shape index (κ1) is 25.7. The van der Waals surface area contributed by atoms with E-state index in [1.807, 2.05) is 0 Å². The van der Waals surface area contributed by atoms with Crippen LogP contribution in [0.15, 0.2) is 60.7 Å². The summed E-state index contributed by atoms with van der Waals surface area (Å²) in [5.41, 5.74) is 3.79. The van der Waals surface area contributed by atoms with Crippen LogP contribution in [0.1, 0.15) is 52.7 Å². The number of carbonyl (C=O) groups excluding carboxylic acids is 2. The lowest BCUT2D eigenvalue weighted by atomic mass is 9.89. The van der Waals surface area contributed by atoms with Crippen molar-refractivity contribution in [2.24, 2.45) is 0 Å². The fourth-order valence-electron chi connectivity index (χ4n) is 4.25. The molecule has 0 saturated heterocycles. The number of fused-ring (bicyclic) bond motifs is 1. The second-order valence-electron chi connectivity index (χ2n) is 8.79. The minimum atomic E-state index is -0.521. The van der Waals surface area contributed by atoms with Gasteiger partial charge in [0.2, 0.25) is 0 Å². The number of rotatable bonds is 10. The van der Waals surface area contributed by atoms with Crippen LogP contribution in [0.25, 0.3) is 0 Å². The molecular weight excluding hydrogens is 478 g/mol. The SMILES string of the molecule is CCc1ccc(CCCNC(=O)c2ccc(Oc3cc4c(cc3Cl)C(C(=O)CO)CCO4)cc2)cc1. The van der Waals surface area contributed by atoms with Gasteiger partial charge in [0.25, 0.3) is 5.91 Å². The van der Waals surface area contributed by atoms with E-state index in [9.17, 15) is 14.7 Å². The van der Waals surface area contributed by atoms with Crippen molar-refractivity contribution < 1.29 is 24.2 Å². The normalized spacial score (nSPS) is 14.5. The van der Waals surface area contributed by atoms with Crippen LogP contribution in [0.2, 0.25) is 5.02 Å². The van der Waals surface area contributed by atoms with Gasteiger partial charge in [-0.05, 0) is 67.1 Å². The molecule has 0 radical (unpaired) electrons. The second kappa shape index (κ2) is 12.1. The van der Waals surface area contributed by atoms with Gasteiger partial charge in [-0.2, -0.15) is 0 Å². The second-order valence-corrected chi connectivity index (χ2v) is 9.20. The quantitative estimate of drug-likeness (QED) is 0.355. The molecule has 4 rings (SSSR count). The molecule has 1 unspecified atom stereocenters. The zero-order chi connectivity index (χ0) is 25.5. The number of ketones is 1. The van der Waals surface area contributed by atoms with Gasteiger partial charge in [-0.25, -0.2) is 0 Å². The zero-order valence-electron chi connectivity index (χ0n) is 20.3. The molecule has 0 saturated carbocycles. The average Bonchev–Trinajstić information content (AvgIpc) is 2.91. The minimum Gasteiger partial charge on any atom is -0.493 e. The first-order chi connectivity index (χ1) is 17.5. The number of hydrogen-bond acceptors (Lipinski definition) is 5. The number of hydrogen-bond donors (Lipinski definition) is 2. The topological polar surface area (TPSA) is 84.9 Å². The van der Waals surface area contributed by atoms with E-state index in [1.54, 1.807) is 36.4 Å². The van der Waals surface area contributed by atoms with Crippen molar-refractivity contribution >= 4 is 23.3 Å². The molecule has 1 heterocycles. The maximum absolute atomic E-state index is 12.5. The van der Waals surface area contributed by atoms with E-state index in [-0.39, 0.29) is 11.7 Å². The Morgan fingerprint density at radius 1 is 1.08 bits per heavy atom. The van der Waals surface area contributed by atoms with E-state index in [0.717, 1.165) is 19.3 Å². The largest absolute Gasteiger partial charge is 0.493 e. The molecule has 6 nitrogen and oxygen atoms in total. The number of Topliss-reactive ketones (excluding diaryl/α,β-unsaturated/α-hetero) is 1. The highest BCUT2D eigenvalue weighted by molar-refractivity contribution is 6.32. The Morgan fingerprint density at radius 2 is 1.81 bits per heavy atom. The van der Waals surface area contributed by atoms with Gasteiger partial charge in [-0.15, -0.1) is 0 Å². The van der Waals surface area contributed by atoms with E-state index >= 15 is 0 Å². The van der Waals surface area contributed by atoms with Crippen molar-refractivity contribution in [2.45, 2.75) is 38.5 Å². The number of ether oxygens (including phenoxy) is 2. The van der Waals surface area contributed by atoms with E-state index in [4.69, 9.17) is 21.1 Å². The van der Waals surface area contributed by atoms with E-state index in [1.165, 1.54) is 11.1 Å². The third-order valence-corrected chi connectivity index (χ3v) is 6.65. The number of amides is 1. The van der Waals surface area contributed by atoms with Gasteiger partial charge < -0.3 is 19.9 Å². The van der Waals surface area contributed by atoms with Gasteiger partial charge in [-0.1, -0.05) is 42.8 Å². The first-order valence-corrected chi connectivity index (χ1v) is 12.6. The van der Waals surface area contributed by atoms with Crippen molar-refractivity contribution in [3.05, 3.63) is 87.9 Å². The first-order valence-electron chi connectivity index (χ1n) is 12.2. The highest BCUT2D eigenvalue weighted by atomic mass is 35.5. The predicted octanol–water partition coefficient (Wildman–Crippen LogP) is 5.48. The molecule has 0 aliphatic carbocycles. The van der Waals surface area contributed by atoms with Crippen molar-refractivity contribution in [3.8, 4) is 17.2 Å². The summed E-state index contributed by atoms with van der Waals surface area (Å²) in [5, 5.41) is 12.5. The van der Waals surface area contributed by atoms with Gasteiger partial charge in [0.05, 0.1) is 17.5 Å². The lowest BCUT2D eigenvalue weighted by molar-refractivity contribution is -0.123. The molecule has 1 atom stereocenters. The highest BCUT2D eigenvalue weighted by Crippen LogP contribution is 2.42. The third-order valence-electron chi connectivity index (χ3n) is 6.35. The zero-order valence-corrected chi connectivity index (χ0v) is 21.0. The Hall–Kier alpha value is -3.35. The van der Waals surface area contributed by atoms with Gasteiger partial charge in [0.15, 0.2) is 5.78 Å². The van der Waals surface area contributed by atoms with E-state index in [0.29, 0.717) is 53.0 Å². The van der Waals surface area contributed by atoms with Crippen molar-refractivity contribution in [2.75, 3.05) is 19.8 Å². The van der Waals surface area contributed by atoms with Gasteiger partial charge in [-0.3, -0.25) is 9.59 Å². The summed E-state index contributed by atoms with van der Waals surface area (Å²) in [7, 11) is 0. The minimum absolute atomic E-state index is 0.136. The molecule has 0 bridgehead atoms. The van der Waals surface area contributed by atoms with Gasteiger partial charge in [0, 0.05) is 23.7 Å². The summed E-state index contributed by atoms with van der Waals surface area (Å²) in [6.45, 7) is 2.59. The predicted molar refractivity (Wildman–Crippen MR) is 139 cm³/mol. The molecular formula is C29H30ClNO5. The van der Waals surface area contributed by atoms with Gasteiger partial charge in [0.1, 0.15) is 23.9 Å². The lowest BCUT2D eigenvalue weighted by Gasteiger charge is -2.25. The molecule has 3 aromatic carbocycles. The third kappa shape index (κ3) is 6.25. The Labute approximate surface area is 216 Å². The van der Waals surface area contributed by atoms with Crippen LogP contribution in [-0.4, -0.2) is 36.6 Å². The van der Waals surface area contributed by atoms with Crippen LogP contribution in [0.4, 0.5) is 0 Å². The molecule has 188 valence electrons. The standard InChI is InChI=1S/C29H30ClNO5/c1-2-19-5-7-20(8-6-19)4-3-14-31-29(34)21-9-11-22(12-10-21)36-28-17-27-24(16-25(28)30)23(13-15-35-27)26(33)18-32/h5-12,16-17,23,32H,2-4,13-15,18H2,1H3,(H,31,34). The average molecular weight is 508 g/mol. The molecule has 1 aliphatic heterocycles. The summed E-state index contributed by atoms with van der Waals surface area (Å²) in [4.78, 5) is 24.6. The summed E-state index contributed by atoms with van der Waals surface area (Å²) >= 11 is 6.42. The molecule has 0 spiro atoms. The summed E-state index contributed by atoms with van der Waals surface area (Å²) in [6, 6.07) is 18.7. The molecule has 7 heteroatoms. The molecule has 1 amide bonds. The molecule has 3 aromatic rings. The Balaban J connectivity index is 1.32. The molecule has 36 heavy (non-hydrogen) atoms. The Morgan fingerprint density at radius 3 is 2.50 bits per heavy atom. The number of nitrogens with one attached hydrogen (secondary N) is 1. The van der Waals surface area contributed by atoms with E-state index in [2.05, 4.69) is 36.5 Å². The monoisotopic (exact) mass is 507 g/mol.